The van der Waals surface area contributed by atoms with E-state index in [4.69, 9.17) is 14.5 Å². The van der Waals surface area contributed by atoms with Gasteiger partial charge in [0.2, 0.25) is 5.91 Å². The Kier molecular flexibility index (Phi) is 9.13. The number of carbonyl (C=O) groups is 3. The van der Waals surface area contributed by atoms with Crippen LogP contribution in [-0.4, -0.2) is 65.2 Å². The number of alkyl carbamates (subject to hydrolysis) is 1. The molecule has 0 bridgehead atoms. The maximum absolute atomic E-state index is 13.2. The van der Waals surface area contributed by atoms with E-state index in [1.54, 1.807) is 46.0 Å². The van der Waals surface area contributed by atoms with Gasteiger partial charge in [0.25, 0.3) is 0 Å². The highest BCUT2D eigenvalue weighted by Crippen LogP contribution is 2.40. The Hall–Kier alpha value is -4.48. The first-order valence-corrected chi connectivity index (χ1v) is 15.6. The second kappa shape index (κ2) is 12.9. The smallest absolute Gasteiger partial charge is 0.408 e. The van der Waals surface area contributed by atoms with Gasteiger partial charge in [-0.3, -0.25) is 9.59 Å². The van der Waals surface area contributed by atoms with Crippen LogP contribution in [0.3, 0.4) is 0 Å². The zero-order valence-corrected chi connectivity index (χ0v) is 27.3. The Balaban J connectivity index is 1.51. The average molecular weight is 630 g/mol. The number of aldehydes is 1. The van der Waals surface area contributed by atoms with Crippen molar-refractivity contribution in [2.24, 2.45) is 12.0 Å². The third kappa shape index (κ3) is 7.26. The van der Waals surface area contributed by atoms with Crippen LogP contribution in [0.25, 0.3) is 31.3 Å². The molecule has 1 aliphatic heterocycles. The lowest BCUT2D eigenvalue weighted by Gasteiger charge is -2.28. The molecule has 3 heterocycles. The predicted molar refractivity (Wildman–Crippen MR) is 178 cm³/mol. The molecule has 0 spiro atoms. The van der Waals surface area contributed by atoms with E-state index in [1.807, 2.05) is 54.2 Å². The first-order valence-electron chi connectivity index (χ1n) is 14.8. The molecule has 2 aromatic carbocycles. The van der Waals surface area contributed by atoms with Crippen LogP contribution in [0.15, 0.2) is 71.6 Å². The molecule has 236 valence electrons. The first-order chi connectivity index (χ1) is 21.4. The standard InChI is InChI=1S/C34H39N5O5S/c1-33(2,3)44-32(42)37-34(4,5)31(41)35-22-12-13-27-26(21-22)24-10-7-9-23(29(24)45-27)25-11-8-15-38(6)30(25)36-28(14-18-40)39-16-19-43-20-17-39/h7-15,18,21H,16-17,19-20H2,1-6H3,(H,35,41)(H,37,42)/b28-14+,36-30-. The maximum atomic E-state index is 13.2. The minimum absolute atomic E-state index is 0.365. The van der Waals surface area contributed by atoms with Gasteiger partial charge in [-0.05, 0) is 65.0 Å². The number of ether oxygens (including phenoxy) is 2. The summed E-state index contributed by atoms with van der Waals surface area (Å²) in [6.45, 7) is 11.1. The summed E-state index contributed by atoms with van der Waals surface area (Å²) in [5.41, 5.74) is 1.42. The van der Waals surface area contributed by atoms with E-state index in [1.165, 1.54) is 6.08 Å². The fourth-order valence-electron chi connectivity index (χ4n) is 5.12. The molecule has 0 radical (unpaired) electrons. The summed E-state index contributed by atoms with van der Waals surface area (Å²) in [4.78, 5) is 44.2. The number of aryl methyl sites for hydroxylation is 1. The van der Waals surface area contributed by atoms with Gasteiger partial charge >= 0.3 is 6.09 Å². The molecule has 2 N–H and O–H groups in total. The summed E-state index contributed by atoms with van der Waals surface area (Å²) in [7, 11) is 1.94. The van der Waals surface area contributed by atoms with Gasteiger partial charge in [0.05, 0.1) is 13.2 Å². The van der Waals surface area contributed by atoms with Crippen LogP contribution in [0.4, 0.5) is 10.5 Å². The molecule has 4 aromatic rings. The number of fused-ring (bicyclic) bond motifs is 3. The van der Waals surface area contributed by atoms with Crippen LogP contribution >= 0.6 is 11.3 Å². The van der Waals surface area contributed by atoms with E-state index in [0.717, 1.165) is 43.1 Å². The van der Waals surface area contributed by atoms with Gasteiger partial charge in [0.1, 0.15) is 28.7 Å². The summed E-state index contributed by atoms with van der Waals surface area (Å²) >= 11 is 1.67. The van der Waals surface area contributed by atoms with E-state index in [2.05, 4.69) is 27.7 Å². The number of aromatic nitrogens is 1. The van der Waals surface area contributed by atoms with Crippen LogP contribution in [0, 0.1) is 0 Å². The normalized spacial score (nSPS) is 14.9. The number of anilines is 1. The third-order valence-corrected chi connectivity index (χ3v) is 8.57. The Morgan fingerprint density at radius 2 is 1.73 bits per heavy atom. The fraction of sp³-hybridized carbons (Fsp3) is 0.353. The fourth-order valence-corrected chi connectivity index (χ4v) is 6.33. The summed E-state index contributed by atoms with van der Waals surface area (Å²) in [5, 5.41) is 7.66. The molecule has 0 atom stereocenters. The molecule has 10 nitrogen and oxygen atoms in total. The van der Waals surface area contributed by atoms with E-state index in [-0.39, 0.29) is 5.91 Å². The van der Waals surface area contributed by atoms with E-state index >= 15 is 0 Å². The second-order valence-electron chi connectivity index (χ2n) is 12.4. The van der Waals surface area contributed by atoms with Crippen molar-refractivity contribution in [3.63, 3.8) is 0 Å². The topological polar surface area (TPSA) is 114 Å². The molecule has 11 heteroatoms. The van der Waals surface area contributed by atoms with Crippen molar-refractivity contribution >= 4 is 55.5 Å². The molecule has 2 amide bonds. The maximum Gasteiger partial charge on any atom is 0.408 e. The van der Waals surface area contributed by atoms with E-state index in [9.17, 15) is 14.4 Å². The summed E-state index contributed by atoms with van der Waals surface area (Å²) in [6, 6.07) is 16.0. The van der Waals surface area contributed by atoms with Gasteiger partial charge < -0.3 is 29.6 Å². The molecule has 1 aliphatic rings. The Morgan fingerprint density at radius 3 is 2.44 bits per heavy atom. The Morgan fingerprint density at radius 1 is 1.00 bits per heavy atom. The van der Waals surface area contributed by atoms with Crippen molar-refractivity contribution < 1.29 is 23.9 Å². The molecule has 5 rings (SSSR count). The van der Waals surface area contributed by atoms with Crippen molar-refractivity contribution in [1.29, 1.82) is 0 Å². The van der Waals surface area contributed by atoms with Gasteiger partial charge in [0, 0.05) is 69.4 Å². The molecule has 1 fully saturated rings. The lowest BCUT2D eigenvalue weighted by molar-refractivity contribution is -0.121. The molecule has 0 aliphatic carbocycles. The van der Waals surface area contributed by atoms with Crippen LogP contribution < -0.4 is 16.1 Å². The van der Waals surface area contributed by atoms with Crippen molar-refractivity contribution in [3.05, 3.63) is 72.1 Å². The number of pyridine rings is 1. The number of hydrogen-bond acceptors (Lipinski definition) is 8. The zero-order valence-electron chi connectivity index (χ0n) is 26.5. The molecular weight excluding hydrogens is 590 g/mol. The number of carbonyl (C=O) groups excluding carboxylic acids is 3. The quantitative estimate of drug-likeness (QED) is 0.204. The number of rotatable bonds is 7. The lowest BCUT2D eigenvalue weighted by atomic mass is 10.0. The Labute approximate surface area is 266 Å². The van der Waals surface area contributed by atoms with Crippen molar-refractivity contribution in [3.8, 4) is 11.1 Å². The highest BCUT2D eigenvalue weighted by Gasteiger charge is 2.32. The van der Waals surface area contributed by atoms with Gasteiger partial charge in [0.15, 0.2) is 0 Å². The molecule has 45 heavy (non-hydrogen) atoms. The third-order valence-electron chi connectivity index (χ3n) is 7.35. The average Bonchev–Trinajstić information content (AvgIpc) is 3.35. The number of amides is 2. The summed E-state index contributed by atoms with van der Waals surface area (Å²) in [5.74, 6) is 0.236. The minimum atomic E-state index is -1.21. The highest BCUT2D eigenvalue weighted by molar-refractivity contribution is 7.26. The van der Waals surface area contributed by atoms with Crippen molar-refractivity contribution in [1.82, 2.24) is 14.8 Å². The van der Waals surface area contributed by atoms with Crippen molar-refractivity contribution in [2.45, 2.75) is 45.8 Å². The van der Waals surface area contributed by atoms with Crippen molar-refractivity contribution in [2.75, 3.05) is 31.6 Å². The SMILES string of the molecule is Cn1cccc(-c2cccc3c2sc2ccc(NC(=O)C(C)(C)NC(=O)OC(C)(C)C)cc23)/c1=N/C(=C\C=O)N1CCOCC1. The number of nitrogens with one attached hydrogen (secondary N) is 2. The number of morpholine rings is 1. The monoisotopic (exact) mass is 629 g/mol. The molecule has 0 saturated carbocycles. The largest absolute Gasteiger partial charge is 0.444 e. The van der Waals surface area contributed by atoms with Gasteiger partial charge in [-0.1, -0.05) is 18.2 Å². The second-order valence-corrected chi connectivity index (χ2v) is 13.5. The highest BCUT2D eigenvalue weighted by atomic mass is 32.1. The number of thiophene rings is 1. The van der Waals surface area contributed by atoms with Crippen LogP contribution in [0.1, 0.15) is 34.6 Å². The lowest BCUT2D eigenvalue weighted by Crippen LogP contribution is -2.53. The number of hydrogen-bond donors (Lipinski definition) is 2. The molecule has 1 saturated heterocycles. The minimum Gasteiger partial charge on any atom is -0.444 e. The van der Waals surface area contributed by atoms with Crippen LogP contribution in [0.2, 0.25) is 0 Å². The van der Waals surface area contributed by atoms with Gasteiger partial charge in [-0.25, -0.2) is 9.79 Å². The number of benzene rings is 2. The van der Waals surface area contributed by atoms with Gasteiger partial charge in [-0.15, -0.1) is 11.3 Å². The predicted octanol–water partition coefficient (Wildman–Crippen LogP) is 5.58. The summed E-state index contributed by atoms with van der Waals surface area (Å²) in [6.07, 6.45) is 3.56. The van der Waals surface area contributed by atoms with E-state index in [0.29, 0.717) is 37.8 Å². The van der Waals surface area contributed by atoms with E-state index < -0.39 is 17.2 Å². The van der Waals surface area contributed by atoms with Gasteiger partial charge in [-0.2, -0.15) is 0 Å². The molecule has 2 aromatic heterocycles. The first kappa shape index (κ1) is 31.9. The summed E-state index contributed by atoms with van der Waals surface area (Å²) < 4.78 is 14.9. The Bertz CT molecular complexity index is 1860. The van der Waals surface area contributed by atoms with Crippen LogP contribution in [-0.2, 0) is 26.1 Å². The zero-order chi connectivity index (χ0) is 32.4. The number of nitrogens with zero attached hydrogens (tertiary/aromatic N) is 3. The molecular formula is C34H39N5O5S. The number of allylic oxidation sites excluding steroid dienone is 1. The molecule has 0 unspecified atom stereocenters. The van der Waals surface area contributed by atoms with Crippen LogP contribution in [0.5, 0.6) is 0 Å².